The van der Waals surface area contributed by atoms with Crippen LogP contribution in [-0.2, 0) is 6.54 Å². The maximum Gasteiger partial charge on any atom is 0.182 e. The Labute approximate surface area is 64.7 Å². The topological polar surface area (TPSA) is 61.8 Å². The number of nitriles is 1. The second kappa shape index (κ2) is 3.17. The van der Waals surface area contributed by atoms with Crippen LogP contribution in [-0.4, -0.2) is 14.7 Å². The van der Waals surface area contributed by atoms with E-state index >= 15 is 0 Å². The molecule has 0 aromatic carbocycles. The van der Waals surface area contributed by atoms with Crippen LogP contribution in [0.2, 0.25) is 0 Å². The van der Waals surface area contributed by atoms with Gasteiger partial charge in [-0.3, -0.25) is 0 Å². The van der Waals surface area contributed by atoms with Crippen LogP contribution in [0, 0.1) is 11.3 Å². The molecule has 0 aliphatic carbocycles. The van der Waals surface area contributed by atoms with Gasteiger partial charge in [0.25, 0.3) is 0 Å². The van der Waals surface area contributed by atoms with Gasteiger partial charge in [0.05, 0.1) is 18.2 Å². The zero-order valence-corrected chi connectivity index (χ0v) is 6.23. The van der Waals surface area contributed by atoms with Crippen LogP contribution < -0.4 is 0 Å². The van der Waals surface area contributed by atoms with E-state index in [0.29, 0.717) is 12.2 Å². The van der Waals surface area contributed by atoms with E-state index in [1.54, 1.807) is 17.0 Å². The average molecular weight is 151 g/mol. The summed E-state index contributed by atoms with van der Waals surface area (Å²) in [6.07, 6.45) is 2.03. The standard InChI is InChI=1S/C7H9N3O/c1-2-10-5-9-4-6(10)7(11)3-8/h4-5,7,11H,2H2,1H3. The third kappa shape index (κ3) is 1.38. The minimum atomic E-state index is -1.06. The van der Waals surface area contributed by atoms with Gasteiger partial charge in [0.1, 0.15) is 6.07 Å². The van der Waals surface area contributed by atoms with Crippen molar-refractivity contribution in [2.75, 3.05) is 0 Å². The van der Waals surface area contributed by atoms with Gasteiger partial charge in [-0.05, 0) is 6.92 Å². The van der Waals surface area contributed by atoms with E-state index in [1.807, 2.05) is 6.92 Å². The number of aryl methyl sites for hydroxylation is 1. The maximum absolute atomic E-state index is 9.11. The predicted molar refractivity (Wildman–Crippen MR) is 38.5 cm³/mol. The highest BCUT2D eigenvalue weighted by molar-refractivity contribution is 5.09. The molecule has 1 rings (SSSR count). The highest BCUT2D eigenvalue weighted by Crippen LogP contribution is 2.09. The summed E-state index contributed by atoms with van der Waals surface area (Å²) in [5, 5.41) is 17.5. The molecule has 1 unspecified atom stereocenters. The van der Waals surface area contributed by atoms with Crippen molar-refractivity contribution in [2.24, 2.45) is 0 Å². The molecule has 0 radical (unpaired) electrons. The Morgan fingerprint density at radius 2 is 2.64 bits per heavy atom. The van der Waals surface area contributed by atoms with E-state index in [4.69, 9.17) is 10.4 Å². The monoisotopic (exact) mass is 151 g/mol. The highest BCUT2D eigenvalue weighted by Gasteiger charge is 2.09. The summed E-state index contributed by atoms with van der Waals surface area (Å²) >= 11 is 0. The molecule has 0 spiro atoms. The van der Waals surface area contributed by atoms with Crippen LogP contribution in [0.25, 0.3) is 0 Å². The Morgan fingerprint density at radius 1 is 1.91 bits per heavy atom. The third-order valence-electron chi connectivity index (χ3n) is 1.49. The van der Waals surface area contributed by atoms with Gasteiger partial charge in [-0.1, -0.05) is 0 Å². The van der Waals surface area contributed by atoms with Gasteiger partial charge in [-0.15, -0.1) is 0 Å². The molecule has 4 heteroatoms. The van der Waals surface area contributed by atoms with Crippen LogP contribution in [0.5, 0.6) is 0 Å². The summed E-state index contributed by atoms with van der Waals surface area (Å²) in [7, 11) is 0. The lowest BCUT2D eigenvalue weighted by Crippen LogP contribution is -2.03. The number of aromatic nitrogens is 2. The van der Waals surface area contributed by atoms with Crippen molar-refractivity contribution in [1.82, 2.24) is 9.55 Å². The summed E-state index contributed by atoms with van der Waals surface area (Å²) in [6, 6.07) is 1.74. The molecule has 1 atom stereocenters. The Morgan fingerprint density at radius 3 is 3.18 bits per heavy atom. The fourth-order valence-electron chi connectivity index (χ4n) is 0.889. The fraction of sp³-hybridized carbons (Fsp3) is 0.429. The number of aliphatic hydroxyl groups is 1. The molecule has 58 valence electrons. The van der Waals surface area contributed by atoms with Gasteiger partial charge in [0.15, 0.2) is 6.10 Å². The number of nitrogens with zero attached hydrogens (tertiary/aromatic N) is 3. The van der Waals surface area contributed by atoms with Gasteiger partial charge < -0.3 is 9.67 Å². The first-order valence-electron chi connectivity index (χ1n) is 3.37. The zero-order valence-electron chi connectivity index (χ0n) is 6.23. The first-order valence-corrected chi connectivity index (χ1v) is 3.37. The SMILES string of the molecule is CCn1cncc1C(O)C#N. The van der Waals surface area contributed by atoms with Crippen LogP contribution in [0.1, 0.15) is 18.7 Å². The molecule has 0 saturated heterocycles. The minimum Gasteiger partial charge on any atom is -0.373 e. The number of rotatable bonds is 2. The van der Waals surface area contributed by atoms with Crippen molar-refractivity contribution < 1.29 is 5.11 Å². The molecule has 1 aromatic heterocycles. The normalized spacial score (nSPS) is 12.5. The zero-order chi connectivity index (χ0) is 8.27. The summed E-state index contributed by atoms with van der Waals surface area (Å²) in [6.45, 7) is 2.64. The van der Waals surface area contributed by atoms with Crippen LogP contribution in [0.3, 0.4) is 0 Å². The van der Waals surface area contributed by atoms with E-state index < -0.39 is 6.10 Å². The molecule has 0 saturated carbocycles. The van der Waals surface area contributed by atoms with Crippen molar-refractivity contribution in [3.8, 4) is 6.07 Å². The lowest BCUT2D eigenvalue weighted by molar-refractivity contribution is 0.225. The second-order valence-electron chi connectivity index (χ2n) is 2.14. The third-order valence-corrected chi connectivity index (χ3v) is 1.49. The van der Waals surface area contributed by atoms with E-state index in [-0.39, 0.29) is 0 Å². The molecule has 11 heavy (non-hydrogen) atoms. The van der Waals surface area contributed by atoms with Gasteiger partial charge in [0.2, 0.25) is 0 Å². The molecule has 0 aliphatic heterocycles. The van der Waals surface area contributed by atoms with Gasteiger partial charge in [-0.25, -0.2) is 4.98 Å². The highest BCUT2D eigenvalue weighted by atomic mass is 16.3. The van der Waals surface area contributed by atoms with Gasteiger partial charge in [-0.2, -0.15) is 5.26 Å². The molecule has 1 aromatic rings. The van der Waals surface area contributed by atoms with Crippen LogP contribution >= 0.6 is 0 Å². The van der Waals surface area contributed by atoms with E-state index in [0.717, 1.165) is 0 Å². The fourth-order valence-corrected chi connectivity index (χ4v) is 0.889. The molecule has 0 amide bonds. The van der Waals surface area contributed by atoms with E-state index in [9.17, 15) is 0 Å². The molecule has 0 fully saturated rings. The molecule has 4 nitrogen and oxygen atoms in total. The maximum atomic E-state index is 9.11. The van der Waals surface area contributed by atoms with Crippen molar-refractivity contribution in [2.45, 2.75) is 19.6 Å². The Bertz CT molecular complexity index is 273. The van der Waals surface area contributed by atoms with Crippen LogP contribution in [0.4, 0.5) is 0 Å². The largest absolute Gasteiger partial charge is 0.373 e. The Hall–Kier alpha value is -1.34. The summed E-state index contributed by atoms with van der Waals surface area (Å²) in [4.78, 5) is 3.81. The average Bonchev–Trinajstić information content (AvgIpc) is 2.50. The van der Waals surface area contributed by atoms with Crippen LogP contribution in [0.15, 0.2) is 12.5 Å². The Kier molecular flexibility index (Phi) is 2.24. The lowest BCUT2D eigenvalue weighted by atomic mass is 10.3. The molecule has 1 N–H and O–H groups in total. The molecule has 0 bridgehead atoms. The number of imidazole rings is 1. The van der Waals surface area contributed by atoms with Crippen molar-refractivity contribution in [3.05, 3.63) is 18.2 Å². The molecular weight excluding hydrogens is 142 g/mol. The first-order chi connectivity index (χ1) is 5.29. The summed E-state index contributed by atoms with van der Waals surface area (Å²) in [5.74, 6) is 0. The second-order valence-corrected chi connectivity index (χ2v) is 2.14. The van der Waals surface area contributed by atoms with Gasteiger partial charge in [0, 0.05) is 6.54 Å². The molecule has 0 aliphatic rings. The van der Waals surface area contributed by atoms with E-state index in [1.165, 1.54) is 6.20 Å². The summed E-state index contributed by atoms with van der Waals surface area (Å²) < 4.78 is 1.73. The van der Waals surface area contributed by atoms with Crippen molar-refractivity contribution in [1.29, 1.82) is 5.26 Å². The predicted octanol–water partition coefficient (Wildman–Crippen LogP) is 0.460. The minimum absolute atomic E-state index is 0.551. The quantitative estimate of drug-likeness (QED) is 0.624. The van der Waals surface area contributed by atoms with Gasteiger partial charge >= 0.3 is 0 Å². The van der Waals surface area contributed by atoms with E-state index in [2.05, 4.69) is 4.98 Å². The summed E-state index contributed by atoms with van der Waals surface area (Å²) in [5.41, 5.74) is 0.551. The number of hydrogen-bond acceptors (Lipinski definition) is 3. The lowest BCUT2D eigenvalue weighted by Gasteiger charge is -2.03. The smallest absolute Gasteiger partial charge is 0.182 e. The molecule has 1 heterocycles. The number of aliphatic hydroxyl groups excluding tert-OH is 1. The van der Waals surface area contributed by atoms with Crippen molar-refractivity contribution >= 4 is 0 Å². The molecular formula is C7H9N3O. The first kappa shape index (κ1) is 7.76. The Balaban J connectivity index is 2.94. The van der Waals surface area contributed by atoms with Crippen molar-refractivity contribution in [3.63, 3.8) is 0 Å². The number of hydrogen-bond donors (Lipinski definition) is 1.